The molecule has 0 aliphatic carbocycles. The van der Waals surface area contributed by atoms with Crippen molar-refractivity contribution in [1.82, 2.24) is 14.1 Å². The van der Waals surface area contributed by atoms with Gasteiger partial charge in [0.1, 0.15) is 6.54 Å². The third-order valence-electron chi connectivity index (χ3n) is 4.47. The number of ketones is 1. The van der Waals surface area contributed by atoms with E-state index in [1.165, 1.54) is 28.6 Å². The first kappa shape index (κ1) is 22.0. The van der Waals surface area contributed by atoms with E-state index in [4.69, 9.17) is 4.74 Å². The minimum Gasteiger partial charge on any atom is -0.456 e. The van der Waals surface area contributed by atoms with Gasteiger partial charge in [-0.05, 0) is 43.2 Å². The second-order valence-electron chi connectivity index (χ2n) is 6.62. The lowest BCUT2D eigenvalue weighted by molar-refractivity contribution is -0.145. The highest BCUT2D eigenvalue weighted by molar-refractivity contribution is 7.89. The molecule has 0 radical (unpaired) electrons. The first-order chi connectivity index (χ1) is 14.1. The maximum absolute atomic E-state index is 12.5. The molecule has 2 aromatic rings. The Bertz CT molecular complexity index is 1030. The van der Waals surface area contributed by atoms with E-state index >= 15 is 0 Å². The molecule has 2 heterocycles. The second-order valence-corrected chi connectivity index (χ2v) is 8.55. The number of sulfonamides is 1. The van der Waals surface area contributed by atoms with Crippen LogP contribution in [0.25, 0.3) is 0 Å². The average molecular weight is 445 g/mol. The Balaban J connectivity index is 1.54. The summed E-state index contributed by atoms with van der Waals surface area (Å²) in [5, 5.41) is 3.22. The summed E-state index contributed by atoms with van der Waals surface area (Å²) in [4.78, 5) is 24.0. The first-order valence-corrected chi connectivity index (χ1v) is 10.4. The highest BCUT2D eigenvalue weighted by Crippen LogP contribution is 2.27. The zero-order chi connectivity index (χ0) is 21.9. The van der Waals surface area contributed by atoms with Gasteiger partial charge in [-0.15, -0.1) is 0 Å². The van der Waals surface area contributed by atoms with Crippen molar-refractivity contribution in [2.24, 2.45) is 0 Å². The van der Waals surface area contributed by atoms with Gasteiger partial charge in [-0.3, -0.25) is 14.3 Å². The third-order valence-corrected chi connectivity index (χ3v) is 6.38. The van der Waals surface area contributed by atoms with Gasteiger partial charge in [-0.2, -0.15) is 22.6 Å². The number of aromatic nitrogens is 2. The Kier molecular flexibility index (Phi) is 6.27. The van der Waals surface area contributed by atoms with E-state index < -0.39 is 46.8 Å². The van der Waals surface area contributed by atoms with Crippen LogP contribution in [0.2, 0.25) is 0 Å². The first-order valence-electron chi connectivity index (χ1n) is 8.97. The van der Waals surface area contributed by atoms with Gasteiger partial charge >= 0.3 is 12.1 Å². The standard InChI is InChI=1S/C18H18F3N3O5S/c19-18(20,21)16-7-10-23(22-16)11-17(26)29-12-15(25)13-3-5-14(6-4-13)30(27,28)24-8-1-2-9-24/h3-7,10H,1-2,8-9,11-12H2. The molecule has 0 bridgehead atoms. The van der Waals surface area contributed by atoms with Crippen LogP contribution in [0, 0.1) is 0 Å². The molecule has 0 spiro atoms. The number of benzene rings is 1. The van der Waals surface area contributed by atoms with E-state index in [2.05, 4.69) is 5.10 Å². The molecule has 1 aliphatic rings. The number of hydrogen-bond donors (Lipinski definition) is 0. The summed E-state index contributed by atoms with van der Waals surface area (Å²) in [7, 11) is -3.60. The van der Waals surface area contributed by atoms with E-state index in [-0.39, 0.29) is 10.5 Å². The van der Waals surface area contributed by atoms with Crippen molar-refractivity contribution in [3.05, 3.63) is 47.8 Å². The van der Waals surface area contributed by atoms with Crippen LogP contribution in [0.15, 0.2) is 41.4 Å². The summed E-state index contributed by atoms with van der Waals surface area (Å²) in [6, 6.07) is 5.98. The molecule has 1 fully saturated rings. The minimum atomic E-state index is -4.63. The van der Waals surface area contributed by atoms with Crippen LogP contribution in [0.5, 0.6) is 0 Å². The lowest BCUT2D eigenvalue weighted by atomic mass is 10.1. The molecule has 1 aromatic heterocycles. The molecule has 0 atom stereocenters. The molecule has 1 aliphatic heterocycles. The van der Waals surface area contributed by atoms with Crippen molar-refractivity contribution in [3.63, 3.8) is 0 Å². The van der Waals surface area contributed by atoms with Crippen LogP contribution >= 0.6 is 0 Å². The molecule has 0 unspecified atom stereocenters. The molecule has 8 nitrogen and oxygen atoms in total. The fraction of sp³-hybridized carbons (Fsp3) is 0.389. The van der Waals surface area contributed by atoms with E-state index in [1.54, 1.807) is 0 Å². The number of Topliss-reactive ketones (excluding diaryl/α,β-unsaturated/α-hetero) is 1. The fourth-order valence-corrected chi connectivity index (χ4v) is 4.42. The van der Waals surface area contributed by atoms with E-state index in [1.807, 2.05) is 0 Å². The number of carbonyl (C=O) groups is 2. The number of alkyl halides is 3. The van der Waals surface area contributed by atoms with Crippen LogP contribution in [-0.2, 0) is 32.3 Å². The third kappa shape index (κ3) is 5.05. The zero-order valence-corrected chi connectivity index (χ0v) is 16.4. The summed E-state index contributed by atoms with van der Waals surface area (Å²) in [6.45, 7) is -0.305. The van der Waals surface area contributed by atoms with Crippen molar-refractivity contribution >= 4 is 21.8 Å². The number of ether oxygens (including phenoxy) is 1. The molecular formula is C18H18F3N3O5S. The topological polar surface area (TPSA) is 98.6 Å². The van der Waals surface area contributed by atoms with Crippen molar-refractivity contribution in [3.8, 4) is 0 Å². The van der Waals surface area contributed by atoms with Gasteiger partial charge in [0.2, 0.25) is 10.0 Å². The number of carbonyl (C=O) groups excluding carboxylic acids is 2. The molecule has 12 heteroatoms. The van der Waals surface area contributed by atoms with Gasteiger partial charge in [0, 0.05) is 24.8 Å². The lowest BCUT2D eigenvalue weighted by Gasteiger charge is -2.15. The quantitative estimate of drug-likeness (QED) is 0.478. The molecule has 1 aromatic carbocycles. The predicted octanol–water partition coefficient (Wildman–Crippen LogP) is 2.11. The SMILES string of the molecule is O=C(Cn1ccc(C(F)(F)F)n1)OCC(=O)c1ccc(S(=O)(=O)N2CCCC2)cc1. The monoisotopic (exact) mass is 445 g/mol. The summed E-state index contributed by atoms with van der Waals surface area (Å²) in [6.07, 6.45) is -2.04. The number of esters is 1. The van der Waals surface area contributed by atoms with Gasteiger partial charge in [0.25, 0.3) is 0 Å². The van der Waals surface area contributed by atoms with Crippen LogP contribution < -0.4 is 0 Å². The van der Waals surface area contributed by atoms with Gasteiger partial charge in [0.05, 0.1) is 4.90 Å². The summed E-state index contributed by atoms with van der Waals surface area (Å²) < 4.78 is 69.3. The van der Waals surface area contributed by atoms with Crippen molar-refractivity contribution in [2.45, 2.75) is 30.5 Å². The molecule has 0 saturated carbocycles. The predicted molar refractivity (Wildman–Crippen MR) is 97.0 cm³/mol. The molecule has 3 rings (SSSR count). The van der Waals surface area contributed by atoms with Crippen molar-refractivity contribution in [2.75, 3.05) is 19.7 Å². The van der Waals surface area contributed by atoms with E-state index in [9.17, 15) is 31.2 Å². The van der Waals surface area contributed by atoms with Crippen molar-refractivity contribution in [1.29, 1.82) is 0 Å². The van der Waals surface area contributed by atoms with Gasteiger partial charge in [0.15, 0.2) is 18.1 Å². The van der Waals surface area contributed by atoms with Crippen LogP contribution in [0.1, 0.15) is 28.9 Å². The zero-order valence-electron chi connectivity index (χ0n) is 15.6. The Morgan fingerprint density at radius 1 is 1.07 bits per heavy atom. The van der Waals surface area contributed by atoms with Crippen LogP contribution in [0.3, 0.4) is 0 Å². The molecule has 162 valence electrons. The Hall–Kier alpha value is -2.73. The van der Waals surface area contributed by atoms with E-state index in [0.717, 1.165) is 29.8 Å². The van der Waals surface area contributed by atoms with Crippen LogP contribution in [0.4, 0.5) is 13.2 Å². The summed E-state index contributed by atoms with van der Waals surface area (Å²) in [5.41, 5.74) is -1.00. The smallest absolute Gasteiger partial charge is 0.435 e. The Morgan fingerprint density at radius 3 is 2.27 bits per heavy atom. The lowest BCUT2D eigenvalue weighted by Crippen LogP contribution is -2.27. The number of hydrogen-bond acceptors (Lipinski definition) is 6. The normalized spacial score (nSPS) is 15.3. The highest BCUT2D eigenvalue weighted by atomic mass is 32.2. The molecule has 30 heavy (non-hydrogen) atoms. The summed E-state index contributed by atoms with van der Waals surface area (Å²) in [5.74, 6) is -1.52. The van der Waals surface area contributed by atoms with Crippen LogP contribution in [-0.4, -0.2) is 54.0 Å². The maximum atomic E-state index is 12.5. The summed E-state index contributed by atoms with van der Waals surface area (Å²) >= 11 is 0. The largest absolute Gasteiger partial charge is 0.456 e. The van der Waals surface area contributed by atoms with Crippen molar-refractivity contribution < 1.29 is 35.9 Å². The van der Waals surface area contributed by atoms with Gasteiger partial charge in [-0.1, -0.05) is 0 Å². The number of halogens is 3. The highest BCUT2D eigenvalue weighted by Gasteiger charge is 2.33. The Morgan fingerprint density at radius 2 is 1.70 bits per heavy atom. The number of nitrogens with zero attached hydrogens (tertiary/aromatic N) is 3. The molecular weight excluding hydrogens is 427 g/mol. The Labute approximate surface area is 170 Å². The minimum absolute atomic E-state index is 0.0668. The second kappa shape index (κ2) is 8.56. The van der Waals surface area contributed by atoms with Gasteiger partial charge < -0.3 is 4.74 Å². The maximum Gasteiger partial charge on any atom is 0.435 e. The van der Waals surface area contributed by atoms with Gasteiger partial charge in [-0.25, -0.2) is 8.42 Å². The number of rotatable bonds is 7. The molecule has 0 N–H and O–H groups in total. The van der Waals surface area contributed by atoms with E-state index in [0.29, 0.717) is 13.1 Å². The molecule has 0 amide bonds. The average Bonchev–Trinajstić information content (AvgIpc) is 3.38. The fourth-order valence-electron chi connectivity index (χ4n) is 2.90. The molecule has 1 saturated heterocycles.